The molecule has 0 radical (unpaired) electrons. The number of rotatable bonds is 4. The number of carbonyl (C=O) groups excluding carboxylic acids is 1. The molecule has 0 aliphatic carbocycles. The Morgan fingerprint density at radius 2 is 1.73 bits per heavy atom. The Hall–Kier alpha value is -3.15. The number of nitrogens with zero attached hydrogens (tertiary/aromatic N) is 4. The Morgan fingerprint density at radius 3 is 2.46 bits per heavy atom. The summed E-state index contributed by atoms with van der Waals surface area (Å²) in [5, 5.41) is 11.1. The van der Waals surface area contributed by atoms with Gasteiger partial charge < -0.3 is 10.2 Å². The molecule has 1 amide bonds. The SMILES string of the molecule is O=C(c1ccc(-n2cnnc2)cc1)N1CCC[C@@H](Nc2ccccc2)C1. The Balaban J connectivity index is 1.42. The molecule has 26 heavy (non-hydrogen) atoms. The van der Waals surface area contributed by atoms with E-state index in [2.05, 4.69) is 27.6 Å². The zero-order valence-electron chi connectivity index (χ0n) is 14.5. The number of aromatic nitrogens is 3. The first kappa shape index (κ1) is 16.3. The molecule has 0 saturated carbocycles. The third kappa shape index (κ3) is 3.59. The lowest BCUT2D eigenvalue weighted by Crippen LogP contribution is -2.45. The Labute approximate surface area is 152 Å². The molecule has 2 heterocycles. The summed E-state index contributed by atoms with van der Waals surface area (Å²) in [5.74, 6) is 0.0832. The molecule has 1 fully saturated rings. The van der Waals surface area contributed by atoms with Crippen molar-refractivity contribution in [1.29, 1.82) is 0 Å². The van der Waals surface area contributed by atoms with Crippen LogP contribution in [0.15, 0.2) is 67.3 Å². The molecule has 1 atom stereocenters. The molecule has 0 unspecified atom stereocenters. The van der Waals surface area contributed by atoms with Crippen molar-refractivity contribution in [1.82, 2.24) is 19.7 Å². The number of anilines is 1. The average Bonchev–Trinajstić information content (AvgIpc) is 3.23. The molecule has 1 N–H and O–H groups in total. The van der Waals surface area contributed by atoms with E-state index in [1.54, 1.807) is 12.7 Å². The monoisotopic (exact) mass is 347 g/mol. The highest BCUT2D eigenvalue weighted by Crippen LogP contribution is 2.18. The minimum absolute atomic E-state index is 0.0832. The van der Waals surface area contributed by atoms with Gasteiger partial charge in [-0.2, -0.15) is 0 Å². The van der Waals surface area contributed by atoms with E-state index >= 15 is 0 Å². The summed E-state index contributed by atoms with van der Waals surface area (Å²) in [6.07, 6.45) is 5.36. The summed E-state index contributed by atoms with van der Waals surface area (Å²) in [6.45, 7) is 1.53. The number of likely N-dealkylation sites (tertiary alicyclic amines) is 1. The van der Waals surface area contributed by atoms with Crippen molar-refractivity contribution in [3.05, 3.63) is 72.8 Å². The van der Waals surface area contributed by atoms with Crippen LogP contribution in [0.5, 0.6) is 0 Å². The van der Waals surface area contributed by atoms with Crippen molar-refractivity contribution in [2.45, 2.75) is 18.9 Å². The van der Waals surface area contributed by atoms with Crippen LogP contribution in [-0.2, 0) is 0 Å². The molecule has 0 spiro atoms. The number of para-hydroxylation sites is 1. The Bertz CT molecular complexity index is 846. The Kier molecular flexibility index (Phi) is 4.64. The maximum absolute atomic E-state index is 12.9. The third-order valence-electron chi connectivity index (χ3n) is 4.68. The van der Waals surface area contributed by atoms with Crippen molar-refractivity contribution >= 4 is 11.6 Å². The van der Waals surface area contributed by atoms with Crippen molar-refractivity contribution in [2.75, 3.05) is 18.4 Å². The third-order valence-corrected chi connectivity index (χ3v) is 4.68. The second-order valence-electron chi connectivity index (χ2n) is 6.52. The van der Waals surface area contributed by atoms with Crippen LogP contribution in [0.25, 0.3) is 5.69 Å². The standard InChI is InChI=1S/C20H21N5O/c26-20(16-8-10-19(11-9-16)25-14-21-22-15-25)24-12-4-7-18(13-24)23-17-5-2-1-3-6-17/h1-3,5-6,8-11,14-15,18,23H,4,7,12-13H2/t18-/m1/s1. The number of nitrogens with one attached hydrogen (secondary N) is 1. The fourth-order valence-electron chi connectivity index (χ4n) is 3.34. The summed E-state index contributed by atoms with van der Waals surface area (Å²) in [6, 6.07) is 18.0. The minimum atomic E-state index is 0.0832. The maximum Gasteiger partial charge on any atom is 0.253 e. The van der Waals surface area contributed by atoms with Gasteiger partial charge in [0.1, 0.15) is 12.7 Å². The highest BCUT2D eigenvalue weighted by Gasteiger charge is 2.24. The Morgan fingerprint density at radius 1 is 1.00 bits per heavy atom. The van der Waals surface area contributed by atoms with Gasteiger partial charge in [0.15, 0.2) is 0 Å². The van der Waals surface area contributed by atoms with Gasteiger partial charge in [0, 0.05) is 36.1 Å². The molecule has 1 aliphatic heterocycles. The number of hydrogen-bond donors (Lipinski definition) is 1. The lowest BCUT2D eigenvalue weighted by Gasteiger charge is -2.33. The smallest absolute Gasteiger partial charge is 0.253 e. The molecule has 4 rings (SSSR count). The molecule has 132 valence electrons. The van der Waals surface area contributed by atoms with Gasteiger partial charge in [0.05, 0.1) is 0 Å². The quantitative estimate of drug-likeness (QED) is 0.788. The lowest BCUT2D eigenvalue weighted by atomic mass is 10.0. The van der Waals surface area contributed by atoms with E-state index in [0.717, 1.165) is 37.3 Å². The van der Waals surface area contributed by atoms with Gasteiger partial charge in [-0.05, 0) is 49.2 Å². The minimum Gasteiger partial charge on any atom is -0.381 e. The van der Waals surface area contributed by atoms with E-state index < -0.39 is 0 Å². The van der Waals surface area contributed by atoms with Crippen LogP contribution < -0.4 is 5.32 Å². The number of benzene rings is 2. The second kappa shape index (κ2) is 7.39. The zero-order valence-corrected chi connectivity index (χ0v) is 14.5. The van der Waals surface area contributed by atoms with Crippen molar-refractivity contribution < 1.29 is 4.79 Å². The predicted molar refractivity (Wildman–Crippen MR) is 100 cm³/mol. The van der Waals surface area contributed by atoms with Crippen LogP contribution in [0.4, 0.5) is 5.69 Å². The van der Waals surface area contributed by atoms with Crippen LogP contribution >= 0.6 is 0 Å². The molecule has 3 aromatic rings. The van der Waals surface area contributed by atoms with Gasteiger partial charge >= 0.3 is 0 Å². The molecule has 2 aromatic carbocycles. The summed E-state index contributed by atoms with van der Waals surface area (Å²) in [5.41, 5.74) is 2.75. The van der Waals surface area contributed by atoms with E-state index in [1.807, 2.05) is 51.9 Å². The highest BCUT2D eigenvalue weighted by molar-refractivity contribution is 5.94. The lowest BCUT2D eigenvalue weighted by molar-refractivity contribution is 0.0715. The van der Waals surface area contributed by atoms with Crippen LogP contribution in [0.2, 0.25) is 0 Å². The maximum atomic E-state index is 12.9. The van der Waals surface area contributed by atoms with Gasteiger partial charge in [-0.25, -0.2) is 0 Å². The van der Waals surface area contributed by atoms with Crippen molar-refractivity contribution in [3.63, 3.8) is 0 Å². The van der Waals surface area contributed by atoms with Gasteiger partial charge in [-0.3, -0.25) is 9.36 Å². The summed E-state index contributed by atoms with van der Waals surface area (Å²) in [7, 11) is 0. The van der Waals surface area contributed by atoms with Crippen molar-refractivity contribution in [3.8, 4) is 5.69 Å². The van der Waals surface area contributed by atoms with E-state index in [-0.39, 0.29) is 11.9 Å². The fourth-order valence-corrected chi connectivity index (χ4v) is 3.34. The summed E-state index contributed by atoms with van der Waals surface area (Å²) < 4.78 is 1.81. The van der Waals surface area contributed by atoms with Crippen molar-refractivity contribution in [2.24, 2.45) is 0 Å². The van der Waals surface area contributed by atoms with Gasteiger partial charge in [-0.1, -0.05) is 18.2 Å². The first-order valence-corrected chi connectivity index (χ1v) is 8.85. The molecule has 6 heteroatoms. The molecule has 1 aliphatic rings. The number of carbonyl (C=O) groups is 1. The highest BCUT2D eigenvalue weighted by atomic mass is 16.2. The summed E-state index contributed by atoms with van der Waals surface area (Å²) in [4.78, 5) is 14.8. The van der Waals surface area contributed by atoms with E-state index in [0.29, 0.717) is 5.56 Å². The first-order valence-electron chi connectivity index (χ1n) is 8.85. The van der Waals surface area contributed by atoms with Crippen LogP contribution in [0.3, 0.4) is 0 Å². The van der Waals surface area contributed by atoms with E-state index in [9.17, 15) is 4.79 Å². The average molecular weight is 347 g/mol. The molecule has 1 aromatic heterocycles. The molecule has 0 bridgehead atoms. The van der Waals surface area contributed by atoms with Crippen LogP contribution in [0, 0.1) is 0 Å². The van der Waals surface area contributed by atoms with Gasteiger partial charge in [-0.15, -0.1) is 10.2 Å². The van der Waals surface area contributed by atoms with Crippen LogP contribution in [-0.4, -0.2) is 44.7 Å². The number of amides is 1. The van der Waals surface area contributed by atoms with E-state index in [1.165, 1.54) is 0 Å². The number of hydrogen-bond acceptors (Lipinski definition) is 4. The summed E-state index contributed by atoms with van der Waals surface area (Å²) >= 11 is 0. The second-order valence-corrected chi connectivity index (χ2v) is 6.52. The molecule has 6 nitrogen and oxygen atoms in total. The first-order chi connectivity index (χ1) is 12.8. The molecule has 1 saturated heterocycles. The van der Waals surface area contributed by atoms with E-state index in [4.69, 9.17) is 0 Å². The zero-order chi connectivity index (χ0) is 17.8. The normalized spacial score (nSPS) is 17.1. The predicted octanol–water partition coefficient (Wildman–Crippen LogP) is 2.98. The van der Waals surface area contributed by atoms with Crippen LogP contribution in [0.1, 0.15) is 23.2 Å². The van der Waals surface area contributed by atoms with Gasteiger partial charge in [0.25, 0.3) is 5.91 Å². The fraction of sp³-hybridized carbons (Fsp3) is 0.250. The molecular weight excluding hydrogens is 326 g/mol. The van der Waals surface area contributed by atoms with Gasteiger partial charge in [0.2, 0.25) is 0 Å². The largest absolute Gasteiger partial charge is 0.381 e. The number of piperidine rings is 1. The molecular formula is C20H21N5O. The topological polar surface area (TPSA) is 63.1 Å².